The first-order valence-electron chi connectivity index (χ1n) is 9.45. The van der Waals surface area contributed by atoms with E-state index in [0.717, 1.165) is 24.0 Å². The van der Waals surface area contributed by atoms with Crippen molar-refractivity contribution in [2.75, 3.05) is 18.5 Å². The summed E-state index contributed by atoms with van der Waals surface area (Å²) in [6.45, 7) is 0.991. The van der Waals surface area contributed by atoms with Crippen molar-refractivity contribution in [2.24, 2.45) is 5.92 Å². The van der Waals surface area contributed by atoms with Gasteiger partial charge in [-0.25, -0.2) is 4.68 Å². The molecule has 5 rings (SSSR count). The summed E-state index contributed by atoms with van der Waals surface area (Å²) < 4.78 is 2.13. The van der Waals surface area contributed by atoms with Gasteiger partial charge in [-0.15, -0.1) is 5.10 Å². The van der Waals surface area contributed by atoms with Gasteiger partial charge in [0.25, 0.3) is 0 Å². The predicted octanol–water partition coefficient (Wildman–Crippen LogP) is 4.33. The van der Waals surface area contributed by atoms with Gasteiger partial charge in [0.1, 0.15) is 5.52 Å². The van der Waals surface area contributed by atoms with Gasteiger partial charge in [0.2, 0.25) is 0 Å². The molecule has 1 aliphatic heterocycles. The van der Waals surface area contributed by atoms with Crippen molar-refractivity contribution >= 4 is 16.7 Å². The molecule has 1 aliphatic rings. The number of aromatic nitrogens is 3. The molecule has 0 bridgehead atoms. The molecule has 3 aromatic carbocycles. The van der Waals surface area contributed by atoms with E-state index < -0.39 is 0 Å². The number of nitrogens with zero attached hydrogens (tertiary/aromatic N) is 4. The summed E-state index contributed by atoms with van der Waals surface area (Å²) in [7, 11) is 2.19. The van der Waals surface area contributed by atoms with Crippen LogP contribution in [-0.2, 0) is 6.42 Å². The molecule has 4 aromatic rings. The Hall–Kier alpha value is -3.14. The van der Waals surface area contributed by atoms with Crippen LogP contribution < -0.4 is 4.90 Å². The van der Waals surface area contributed by atoms with Gasteiger partial charge in [-0.3, -0.25) is 0 Å². The maximum absolute atomic E-state index is 4.58. The van der Waals surface area contributed by atoms with Crippen molar-refractivity contribution in [3.05, 3.63) is 90.0 Å². The Balaban J connectivity index is 1.66. The van der Waals surface area contributed by atoms with Crippen LogP contribution in [0.4, 0.5) is 5.69 Å². The summed E-state index contributed by atoms with van der Waals surface area (Å²) in [5.41, 5.74) is 6.02. The number of anilines is 1. The third-order valence-corrected chi connectivity index (χ3v) is 5.60. The number of benzene rings is 3. The first kappa shape index (κ1) is 16.1. The summed E-state index contributed by atoms with van der Waals surface area (Å²) in [6.07, 6.45) is 1.01. The van der Waals surface area contributed by atoms with Gasteiger partial charge in [-0.05, 0) is 30.2 Å². The Morgan fingerprint density at radius 3 is 2.52 bits per heavy atom. The second kappa shape index (κ2) is 6.54. The summed E-state index contributed by atoms with van der Waals surface area (Å²) in [5.74, 6) is 0.414. The van der Waals surface area contributed by atoms with E-state index in [9.17, 15) is 0 Å². The second-order valence-electron chi connectivity index (χ2n) is 7.36. The van der Waals surface area contributed by atoms with Gasteiger partial charge >= 0.3 is 0 Å². The molecule has 0 spiro atoms. The van der Waals surface area contributed by atoms with E-state index in [1.54, 1.807) is 0 Å². The van der Waals surface area contributed by atoms with Gasteiger partial charge in [-0.2, -0.15) is 0 Å². The summed E-state index contributed by atoms with van der Waals surface area (Å²) in [5, 5.41) is 9.01. The number of para-hydroxylation sites is 2. The molecule has 0 N–H and O–H groups in total. The van der Waals surface area contributed by atoms with E-state index in [0.29, 0.717) is 5.92 Å². The first-order chi connectivity index (χ1) is 13.3. The molecule has 0 radical (unpaired) electrons. The average Bonchev–Trinajstić information content (AvgIpc) is 3.13. The lowest BCUT2D eigenvalue weighted by molar-refractivity contribution is 0.341. The number of hydrogen-bond donors (Lipinski definition) is 0. The molecular formula is C23H22N4. The molecule has 4 nitrogen and oxygen atoms in total. The first-order valence-corrected chi connectivity index (χ1v) is 9.45. The summed E-state index contributed by atoms with van der Waals surface area (Å²) in [4.78, 5) is 2.37. The van der Waals surface area contributed by atoms with Crippen molar-refractivity contribution in [3.8, 4) is 0 Å². The lowest BCUT2D eigenvalue weighted by Crippen LogP contribution is -2.39. The Labute approximate surface area is 159 Å². The van der Waals surface area contributed by atoms with Crippen LogP contribution in [0.5, 0.6) is 0 Å². The molecule has 0 fully saturated rings. The maximum atomic E-state index is 4.58. The van der Waals surface area contributed by atoms with Crippen molar-refractivity contribution in [3.63, 3.8) is 0 Å². The second-order valence-corrected chi connectivity index (χ2v) is 7.36. The molecule has 2 atom stereocenters. The van der Waals surface area contributed by atoms with Crippen LogP contribution in [0.3, 0.4) is 0 Å². The molecule has 27 heavy (non-hydrogen) atoms. The molecule has 2 heterocycles. The Kier molecular flexibility index (Phi) is 3.89. The minimum Gasteiger partial charge on any atom is -0.374 e. The standard InChI is InChI=1S/C23H22N4/c1-26-16-18(15-17-9-3-2-4-10-17)23(19-11-5-7-13-21(19)26)27-22-14-8-6-12-20(22)24-25-27/h2-14,18,23H,15-16H2,1H3/t18-,23+/m1/s1. The smallest absolute Gasteiger partial charge is 0.113 e. The highest BCUT2D eigenvalue weighted by Crippen LogP contribution is 2.41. The highest BCUT2D eigenvalue weighted by molar-refractivity contribution is 5.74. The fourth-order valence-corrected chi connectivity index (χ4v) is 4.41. The van der Waals surface area contributed by atoms with Gasteiger partial charge < -0.3 is 4.90 Å². The fraction of sp³-hybridized carbons (Fsp3) is 0.217. The van der Waals surface area contributed by atoms with Crippen LogP contribution >= 0.6 is 0 Å². The van der Waals surface area contributed by atoms with E-state index in [-0.39, 0.29) is 6.04 Å². The Morgan fingerprint density at radius 1 is 0.889 bits per heavy atom. The van der Waals surface area contributed by atoms with E-state index in [1.807, 2.05) is 12.1 Å². The van der Waals surface area contributed by atoms with E-state index in [2.05, 4.69) is 93.7 Å². The normalized spacial score (nSPS) is 19.2. The Bertz CT molecular complexity index is 1070. The lowest BCUT2D eigenvalue weighted by atomic mass is 9.83. The van der Waals surface area contributed by atoms with Crippen LogP contribution in [0.2, 0.25) is 0 Å². The zero-order chi connectivity index (χ0) is 18.2. The number of hydrogen-bond acceptors (Lipinski definition) is 3. The number of fused-ring (bicyclic) bond motifs is 2. The molecule has 0 saturated carbocycles. The van der Waals surface area contributed by atoms with Crippen LogP contribution in [0, 0.1) is 5.92 Å². The van der Waals surface area contributed by atoms with Crippen LogP contribution in [0.25, 0.3) is 11.0 Å². The maximum Gasteiger partial charge on any atom is 0.113 e. The SMILES string of the molecule is CN1C[C@@H](Cc2ccccc2)[C@H](n2nnc3ccccc32)c2ccccc21. The average molecular weight is 354 g/mol. The zero-order valence-electron chi connectivity index (χ0n) is 15.4. The molecule has 0 amide bonds. The van der Waals surface area contributed by atoms with Gasteiger partial charge in [0, 0.05) is 30.8 Å². The van der Waals surface area contributed by atoms with Gasteiger partial charge in [-0.1, -0.05) is 65.9 Å². The molecule has 134 valence electrons. The summed E-state index contributed by atoms with van der Waals surface area (Å²) in [6, 6.07) is 27.9. The predicted molar refractivity (Wildman–Crippen MR) is 109 cm³/mol. The Morgan fingerprint density at radius 2 is 1.63 bits per heavy atom. The zero-order valence-corrected chi connectivity index (χ0v) is 15.4. The number of rotatable bonds is 3. The van der Waals surface area contributed by atoms with E-state index >= 15 is 0 Å². The largest absolute Gasteiger partial charge is 0.374 e. The minimum atomic E-state index is 0.171. The van der Waals surface area contributed by atoms with Crippen molar-refractivity contribution in [1.82, 2.24) is 15.0 Å². The third kappa shape index (κ3) is 2.78. The van der Waals surface area contributed by atoms with E-state index in [1.165, 1.54) is 16.8 Å². The molecule has 0 aliphatic carbocycles. The van der Waals surface area contributed by atoms with Crippen LogP contribution in [-0.4, -0.2) is 28.6 Å². The topological polar surface area (TPSA) is 34.0 Å². The molecular weight excluding hydrogens is 332 g/mol. The lowest BCUT2D eigenvalue weighted by Gasteiger charge is -2.39. The van der Waals surface area contributed by atoms with Crippen LogP contribution in [0.1, 0.15) is 17.2 Å². The molecule has 4 heteroatoms. The van der Waals surface area contributed by atoms with Crippen LogP contribution in [0.15, 0.2) is 78.9 Å². The third-order valence-electron chi connectivity index (χ3n) is 5.60. The van der Waals surface area contributed by atoms with Crippen molar-refractivity contribution in [2.45, 2.75) is 12.5 Å². The van der Waals surface area contributed by atoms with Gasteiger partial charge in [0.15, 0.2) is 0 Å². The minimum absolute atomic E-state index is 0.171. The highest BCUT2D eigenvalue weighted by atomic mass is 15.4. The van der Waals surface area contributed by atoms with Crippen molar-refractivity contribution < 1.29 is 0 Å². The highest BCUT2D eigenvalue weighted by Gasteiger charge is 2.34. The van der Waals surface area contributed by atoms with Crippen molar-refractivity contribution in [1.29, 1.82) is 0 Å². The molecule has 0 unspecified atom stereocenters. The summed E-state index contributed by atoms with van der Waals surface area (Å²) >= 11 is 0. The van der Waals surface area contributed by atoms with Gasteiger partial charge in [0.05, 0.1) is 11.6 Å². The monoisotopic (exact) mass is 354 g/mol. The fourth-order valence-electron chi connectivity index (χ4n) is 4.41. The molecule has 0 saturated heterocycles. The quantitative estimate of drug-likeness (QED) is 0.549. The molecule has 1 aromatic heterocycles. The van der Waals surface area contributed by atoms with E-state index in [4.69, 9.17) is 0 Å².